The Morgan fingerprint density at radius 1 is 1.14 bits per heavy atom. The minimum atomic E-state index is -0.854. The fourth-order valence-electron chi connectivity index (χ4n) is 3.04. The van der Waals surface area contributed by atoms with Crippen molar-refractivity contribution >= 4 is 11.9 Å². The van der Waals surface area contributed by atoms with Gasteiger partial charge in [-0.3, -0.25) is 4.79 Å². The molecule has 1 fully saturated rings. The summed E-state index contributed by atoms with van der Waals surface area (Å²) in [5.41, 5.74) is 0.0933. The van der Waals surface area contributed by atoms with Crippen LogP contribution in [0, 0.1) is 5.82 Å². The molecule has 0 radical (unpaired) electrons. The summed E-state index contributed by atoms with van der Waals surface area (Å²) in [6, 6.07) is 8.32. The minimum absolute atomic E-state index is 0.0504. The fourth-order valence-corrected chi connectivity index (χ4v) is 3.04. The second kappa shape index (κ2) is 8.71. The number of amides is 1. The van der Waals surface area contributed by atoms with E-state index in [9.17, 15) is 24.2 Å². The molecule has 7 nitrogen and oxygen atoms in total. The summed E-state index contributed by atoms with van der Waals surface area (Å²) >= 11 is 0. The molecule has 4 N–H and O–H groups in total. The average Bonchev–Trinajstić information content (AvgIpc) is 2.89. The van der Waals surface area contributed by atoms with Crippen molar-refractivity contribution in [1.29, 1.82) is 0 Å². The minimum Gasteiger partial charge on any atom is -0.508 e. The molecule has 8 heteroatoms. The molecule has 28 heavy (non-hydrogen) atoms. The molecule has 2 atom stereocenters. The number of carbonyl (C=O) groups excluding carboxylic acids is 2. The van der Waals surface area contributed by atoms with Crippen LogP contribution in [0.1, 0.15) is 33.6 Å². The summed E-state index contributed by atoms with van der Waals surface area (Å²) in [5, 5.41) is 25.1. The number of carbonyl (C=O) groups is 2. The molecule has 3 rings (SSSR count). The van der Waals surface area contributed by atoms with Crippen LogP contribution in [0.15, 0.2) is 42.5 Å². The lowest BCUT2D eigenvalue weighted by Gasteiger charge is -2.26. The Bertz CT molecular complexity index is 856. The van der Waals surface area contributed by atoms with Gasteiger partial charge in [0.25, 0.3) is 5.91 Å². The van der Waals surface area contributed by atoms with E-state index in [1.165, 1.54) is 24.3 Å². The Balaban J connectivity index is 1.73. The summed E-state index contributed by atoms with van der Waals surface area (Å²) < 4.78 is 18.9. The van der Waals surface area contributed by atoms with Crippen LogP contribution in [0.5, 0.6) is 11.5 Å². The van der Waals surface area contributed by atoms with Crippen molar-refractivity contribution < 1.29 is 28.9 Å². The van der Waals surface area contributed by atoms with Crippen molar-refractivity contribution in [2.75, 3.05) is 13.1 Å². The second-order valence-corrected chi connectivity index (χ2v) is 6.58. The number of hydrogen-bond acceptors (Lipinski definition) is 6. The van der Waals surface area contributed by atoms with Gasteiger partial charge in [0, 0.05) is 12.1 Å². The van der Waals surface area contributed by atoms with Gasteiger partial charge in [0.15, 0.2) is 0 Å². The number of rotatable bonds is 4. The van der Waals surface area contributed by atoms with E-state index in [0.717, 1.165) is 24.6 Å². The molecule has 0 spiro atoms. The Kier molecular flexibility index (Phi) is 6.10. The number of nitrogens with one attached hydrogen (secondary N) is 2. The zero-order valence-electron chi connectivity index (χ0n) is 15.0. The van der Waals surface area contributed by atoms with Gasteiger partial charge in [-0.25, -0.2) is 9.18 Å². The Hall–Kier alpha value is -3.13. The molecule has 0 aromatic heterocycles. The summed E-state index contributed by atoms with van der Waals surface area (Å²) in [6.45, 7) is 1.09. The molecule has 148 valence electrons. The number of aromatic hydroxyl groups is 2. The zero-order valence-corrected chi connectivity index (χ0v) is 15.0. The number of esters is 1. The highest BCUT2D eigenvalue weighted by Crippen LogP contribution is 2.21. The molecule has 1 aliphatic heterocycles. The molecular formula is C20H21FN2O5. The summed E-state index contributed by atoms with van der Waals surface area (Å²) in [4.78, 5) is 24.9. The van der Waals surface area contributed by atoms with Crippen LogP contribution in [-0.4, -0.2) is 47.3 Å². The van der Waals surface area contributed by atoms with E-state index in [0.29, 0.717) is 25.1 Å². The molecule has 1 heterocycles. The standard InChI is InChI=1S/C20H21FN2O5/c21-13-5-8-17(25)15(10-13)20(27)28-18-2-1-9-22-11-16(18)23-19(26)12-3-6-14(24)7-4-12/h3-8,10,16,18,22,24-25H,1-2,9,11H2,(H,23,26)/t16-,18-/m1/s1. The predicted molar refractivity (Wildman–Crippen MR) is 98.7 cm³/mol. The summed E-state index contributed by atoms with van der Waals surface area (Å²) in [7, 11) is 0. The number of phenolic OH excluding ortho intramolecular Hbond substituents is 2. The Labute approximate surface area is 161 Å². The maximum atomic E-state index is 13.4. The first kappa shape index (κ1) is 19.6. The molecule has 2 aromatic rings. The van der Waals surface area contributed by atoms with E-state index < -0.39 is 23.9 Å². The highest BCUT2D eigenvalue weighted by Gasteiger charge is 2.30. The van der Waals surface area contributed by atoms with Crippen molar-refractivity contribution in [2.24, 2.45) is 0 Å². The zero-order chi connectivity index (χ0) is 20.1. The molecule has 0 aliphatic carbocycles. The smallest absolute Gasteiger partial charge is 0.342 e. The first-order chi connectivity index (χ1) is 13.4. The number of phenols is 2. The maximum absolute atomic E-state index is 13.4. The largest absolute Gasteiger partial charge is 0.508 e. The van der Waals surface area contributed by atoms with Crippen molar-refractivity contribution in [2.45, 2.75) is 25.0 Å². The third-order valence-electron chi connectivity index (χ3n) is 4.54. The lowest BCUT2D eigenvalue weighted by Crippen LogP contribution is -2.49. The summed E-state index contributed by atoms with van der Waals surface area (Å²) in [5.74, 6) is -2.21. The van der Waals surface area contributed by atoms with Gasteiger partial charge in [-0.1, -0.05) is 0 Å². The van der Waals surface area contributed by atoms with Crippen LogP contribution in [0.25, 0.3) is 0 Å². The van der Waals surface area contributed by atoms with Crippen molar-refractivity contribution in [1.82, 2.24) is 10.6 Å². The first-order valence-electron chi connectivity index (χ1n) is 8.94. The molecular weight excluding hydrogens is 367 g/mol. The van der Waals surface area contributed by atoms with Gasteiger partial charge in [0.05, 0.1) is 6.04 Å². The number of ether oxygens (including phenoxy) is 1. The van der Waals surface area contributed by atoms with Crippen LogP contribution >= 0.6 is 0 Å². The quantitative estimate of drug-likeness (QED) is 0.597. The molecule has 0 unspecified atom stereocenters. The van der Waals surface area contributed by atoms with E-state index in [2.05, 4.69) is 10.6 Å². The summed E-state index contributed by atoms with van der Waals surface area (Å²) in [6.07, 6.45) is 0.569. The fraction of sp³-hybridized carbons (Fsp3) is 0.300. The second-order valence-electron chi connectivity index (χ2n) is 6.58. The van der Waals surface area contributed by atoms with Gasteiger partial charge in [0.1, 0.15) is 29.0 Å². The highest BCUT2D eigenvalue weighted by molar-refractivity contribution is 5.95. The third kappa shape index (κ3) is 4.77. The molecule has 0 bridgehead atoms. The topological polar surface area (TPSA) is 108 Å². The van der Waals surface area contributed by atoms with Crippen LogP contribution in [-0.2, 0) is 4.74 Å². The maximum Gasteiger partial charge on any atom is 0.342 e. The van der Waals surface area contributed by atoms with Crippen LogP contribution < -0.4 is 10.6 Å². The van der Waals surface area contributed by atoms with E-state index in [1.54, 1.807) is 0 Å². The number of benzene rings is 2. The third-order valence-corrected chi connectivity index (χ3v) is 4.54. The van der Waals surface area contributed by atoms with Gasteiger partial charge in [-0.15, -0.1) is 0 Å². The van der Waals surface area contributed by atoms with Gasteiger partial charge in [-0.2, -0.15) is 0 Å². The highest BCUT2D eigenvalue weighted by atomic mass is 19.1. The molecule has 1 amide bonds. The van der Waals surface area contributed by atoms with E-state index in [-0.39, 0.29) is 23.0 Å². The monoisotopic (exact) mass is 388 g/mol. The average molecular weight is 388 g/mol. The van der Waals surface area contributed by atoms with Crippen LogP contribution in [0.4, 0.5) is 4.39 Å². The Morgan fingerprint density at radius 2 is 1.89 bits per heavy atom. The van der Waals surface area contributed by atoms with E-state index in [4.69, 9.17) is 4.74 Å². The lowest BCUT2D eigenvalue weighted by atomic mass is 10.1. The first-order valence-corrected chi connectivity index (χ1v) is 8.94. The molecule has 2 aromatic carbocycles. The van der Waals surface area contributed by atoms with Crippen LogP contribution in [0.3, 0.4) is 0 Å². The van der Waals surface area contributed by atoms with E-state index >= 15 is 0 Å². The van der Waals surface area contributed by atoms with Gasteiger partial charge in [-0.05, 0) is 61.9 Å². The van der Waals surface area contributed by atoms with Gasteiger partial charge >= 0.3 is 5.97 Å². The number of hydrogen-bond donors (Lipinski definition) is 4. The van der Waals surface area contributed by atoms with Gasteiger partial charge < -0.3 is 25.6 Å². The Morgan fingerprint density at radius 3 is 2.64 bits per heavy atom. The number of halogens is 1. The molecule has 1 aliphatic rings. The van der Waals surface area contributed by atoms with Crippen LogP contribution in [0.2, 0.25) is 0 Å². The SMILES string of the molecule is O=C(N[C@@H]1CNCCC[C@H]1OC(=O)c1cc(F)ccc1O)c1ccc(O)cc1. The van der Waals surface area contributed by atoms with Crippen molar-refractivity contribution in [3.63, 3.8) is 0 Å². The van der Waals surface area contributed by atoms with E-state index in [1.807, 2.05) is 0 Å². The lowest BCUT2D eigenvalue weighted by molar-refractivity contribution is 0.0188. The molecule has 0 saturated carbocycles. The van der Waals surface area contributed by atoms with Crippen molar-refractivity contribution in [3.8, 4) is 11.5 Å². The predicted octanol–water partition coefficient (Wildman–Crippen LogP) is 1.94. The van der Waals surface area contributed by atoms with Crippen molar-refractivity contribution in [3.05, 3.63) is 59.4 Å². The molecule has 1 saturated heterocycles. The normalized spacial score (nSPS) is 19.5. The van der Waals surface area contributed by atoms with Gasteiger partial charge in [0.2, 0.25) is 0 Å².